The fourth-order valence-corrected chi connectivity index (χ4v) is 4.36. The van der Waals surface area contributed by atoms with Crippen molar-refractivity contribution in [2.75, 3.05) is 10.5 Å². The quantitative estimate of drug-likeness (QED) is 0.421. The van der Waals surface area contributed by atoms with Gasteiger partial charge in [0, 0.05) is 18.6 Å². The van der Waals surface area contributed by atoms with Gasteiger partial charge in [0.1, 0.15) is 15.9 Å². The molecule has 32 heavy (non-hydrogen) atoms. The topological polar surface area (TPSA) is 115 Å². The molecule has 0 saturated carbocycles. The number of sulfonamides is 1. The highest BCUT2D eigenvalue weighted by atomic mass is 35.5. The Morgan fingerprint density at radius 1 is 1.06 bits per heavy atom. The van der Waals surface area contributed by atoms with Crippen LogP contribution >= 0.6 is 23.2 Å². The first kappa shape index (κ1) is 21.8. The van der Waals surface area contributed by atoms with Gasteiger partial charge in [0.05, 0.1) is 28.0 Å². The molecule has 0 unspecified atom stereocenters. The molecule has 3 heterocycles. The highest BCUT2D eigenvalue weighted by molar-refractivity contribution is 7.93. The lowest BCUT2D eigenvalue weighted by Crippen LogP contribution is -2.16. The summed E-state index contributed by atoms with van der Waals surface area (Å²) in [5.41, 5.74) is 4.42. The van der Waals surface area contributed by atoms with Gasteiger partial charge in [-0.15, -0.1) is 0 Å². The van der Waals surface area contributed by atoms with Gasteiger partial charge in [-0.25, -0.2) is 32.2 Å². The molecule has 0 amide bonds. The third kappa shape index (κ3) is 4.16. The van der Waals surface area contributed by atoms with Crippen LogP contribution in [0.4, 0.5) is 20.4 Å². The minimum atomic E-state index is -4.39. The minimum absolute atomic E-state index is 0.0122. The number of anilines is 2. The second kappa shape index (κ2) is 8.23. The van der Waals surface area contributed by atoms with Crippen molar-refractivity contribution in [3.05, 3.63) is 75.9 Å². The normalized spacial score (nSPS) is 11.2. The summed E-state index contributed by atoms with van der Waals surface area (Å²) < 4.78 is 58.4. The number of hydrogen-bond acceptors (Lipinski definition) is 6. The van der Waals surface area contributed by atoms with E-state index >= 15 is 0 Å². The Balaban J connectivity index is 1.74. The van der Waals surface area contributed by atoms with E-state index in [4.69, 9.17) is 28.9 Å². The van der Waals surface area contributed by atoms with Gasteiger partial charge in [-0.05, 0) is 18.2 Å². The number of pyridine rings is 1. The fourth-order valence-electron chi connectivity index (χ4n) is 2.68. The molecule has 0 aliphatic rings. The zero-order valence-electron chi connectivity index (χ0n) is 15.6. The Kier molecular flexibility index (Phi) is 5.60. The number of nitrogens with one attached hydrogen (secondary N) is 1. The summed E-state index contributed by atoms with van der Waals surface area (Å²) >= 11 is 12.0. The van der Waals surface area contributed by atoms with Gasteiger partial charge < -0.3 is 5.73 Å². The molecule has 0 atom stereocenters. The van der Waals surface area contributed by atoms with E-state index in [0.717, 1.165) is 18.2 Å². The van der Waals surface area contributed by atoms with E-state index in [2.05, 4.69) is 31.5 Å². The van der Waals surface area contributed by atoms with Crippen LogP contribution in [0.25, 0.3) is 5.65 Å². The second-order valence-corrected chi connectivity index (χ2v) is 8.74. The van der Waals surface area contributed by atoms with Gasteiger partial charge in [0.25, 0.3) is 10.0 Å². The Hall–Kier alpha value is -3.46. The summed E-state index contributed by atoms with van der Waals surface area (Å²) in [6.45, 7) is 0. The predicted molar refractivity (Wildman–Crippen MR) is 115 cm³/mol. The van der Waals surface area contributed by atoms with E-state index in [1.54, 1.807) is 0 Å². The molecule has 3 aromatic heterocycles. The SMILES string of the molecule is Nc1ncc(C#Cc2c(F)ccc(NS(=O)(=O)c3cc(Cl)cn4c(Cl)cnc34)c2F)cn1. The van der Waals surface area contributed by atoms with Gasteiger partial charge in [-0.3, -0.25) is 9.12 Å². The summed E-state index contributed by atoms with van der Waals surface area (Å²) in [5, 5.41) is 0.172. The van der Waals surface area contributed by atoms with Crippen LogP contribution in [-0.2, 0) is 10.0 Å². The summed E-state index contributed by atoms with van der Waals surface area (Å²) in [7, 11) is -4.39. The van der Waals surface area contributed by atoms with Gasteiger partial charge >= 0.3 is 0 Å². The number of nitrogens with two attached hydrogens (primary N) is 1. The van der Waals surface area contributed by atoms with Crippen LogP contribution in [0.5, 0.6) is 0 Å². The van der Waals surface area contributed by atoms with E-state index in [9.17, 15) is 17.2 Å². The molecule has 8 nitrogen and oxygen atoms in total. The van der Waals surface area contributed by atoms with Crippen LogP contribution in [0.1, 0.15) is 11.1 Å². The lowest BCUT2D eigenvalue weighted by Gasteiger charge is -2.11. The number of aromatic nitrogens is 4. The number of nitrogen functional groups attached to an aromatic ring is 1. The Bertz CT molecular complexity index is 1530. The van der Waals surface area contributed by atoms with Crippen molar-refractivity contribution in [2.24, 2.45) is 0 Å². The summed E-state index contributed by atoms with van der Waals surface area (Å²) in [5.74, 6) is 2.62. The molecule has 0 spiro atoms. The van der Waals surface area contributed by atoms with Crippen molar-refractivity contribution in [3.8, 4) is 11.8 Å². The van der Waals surface area contributed by atoms with Gasteiger partial charge in [0.2, 0.25) is 5.95 Å². The first-order valence-corrected chi connectivity index (χ1v) is 10.8. The van der Waals surface area contributed by atoms with Crippen LogP contribution in [0.2, 0.25) is 10.2 Å². The number of hydrogen-bond donors (Lipinski definition) is 2. The molecule has 13 heteroatoms. The number of fused-ring (bicyclic) bond motifs is 1. The average molecular weight is 495 g/mol. The molecule has 4 aromatic rings. The lowest BCUT2D eigenvalue weighted by molar-refractivity contribution is 0.578. The van der Waals surface area contributed by atoms with Crippen LogP contribution < -0.4 is 10.5 Å². The minimum Gasteiger partial charge on any atom is -0.368 e. The smallest absolute Gasteiger partial charge is 0.265 e. The molecular weight excluding hydrogens is 485 g/mol. The average Bonchev–Trinajstić information content (AvgIpc) is 3.11. The molecule has 1 aromatic carbocycles. The molecule has 0 bridgehead atoms. The molecule has 0 aliphatic carbocycles. The standard InChI is InChI=1S/C19H10Cl2F2N6O2S/c20-11-5-15(18-25-8-16(21)29(18)9-11)32(30,31)28-14-4-3-13(22)12(17(14)23)2-1-10-6-26-19(24)27-7-10/h3-9,28H,(H2,24,26,27). The van der Waals surface area contributed by atoms with E-state index in [1.807, 2.05) is 0 Å². The maximum absolute atomic E-state index is 15.0. The number of benzene rings is 1. The molecule has 0 fully saturated rings. The maximum Gasteiger partial charge on any atom is 0.265 e. The predicted octanol–water partition coefficient (Wildman–Crippen LogP) is 3.49. The molecule has 0 saturated heterocycles. The lowest BCUT2D eigenvalue weighted by atomic mass is 10.1. The van der Waals surface area contributed by atoms with E-state index in [1.165, 1.54) is 29.2 Å². The third-order valence-electron chi connectivity index (χ3n) is 4.12. The molecule has 4 rings (SSSR count). The second-order valence-electron chi connectivity index (χ2n) is 6.27. The third-order valence-corrected chi connectivity index (χ3v) is 5.98. The van der Waals surface area contributed by atoms with Gasteiger partial charge in [-0.1, -0.05) is 35.0 Å². The fraction of sp³-hybridized carbons (Fsp3) is 0. The Labute approximate surface area is 190 Å². The Morgan fingerprint density at radius 3 is 2.50 bits per heavy atom. The van der Waals surface area contributed by atoms with E-state index < -0.39 is 32.9 Å². The van der Waals surface area contributed by atoms with Crippen molar-refractivity contribution in [3.63, 3.8) is 0 Å². The van der Waals surface area contributed by atoms with E-state index in [-0.39, 0.29) is 32.2 Å². The zero-order valence-corrected chi connectivity index (χ0v) is 18.0. The Morgan fingerprint density at radius 2 is 1.78 bits per heavy atom. The largest absolute Gasteiger partial charge is 0.368 e. The summed E-state index contributed by atoms with van der Waals surface area (Å²) in [6.07, 6.45) is 5.16. The van der Waals surface area contributed by atoms with Crippen LogP contribution in [0.3, 0.4) is 0 Å². The number of halogens is 4. The van der Waals surface area contributed by atoms with Crippen molar-refractivity contribution in [1.29, 1.82) is 0 Å². The molecule has 0 aliphatic heterocycles. The van der Waals surface area contributed by atoms with Gasteiger partial charge in [0.15, 0.2) is 11.5 Å². The monoisotopic (exact) mass is 494 g/mol. The van der Waals surface area contributed by atoms with E-state index in [0.29, 0.717) is 0 Å². The van der Waals surface area contributed by atoms with Crippen molar-refractivity contribution in [1.82, 2.24) is 19.4 Å². The highest BCUT2D eigenvalue weighted by Crippen LogP contribution is 2.28. The van der Waals surface area contributed by atoms with Crippen molar-refractivity contribution >= 4 is 50.5 Å². The molecular formula is C19H10Cl2F2N6O2S. The zero-order chi connectivity index (χ0) is 23.0. The number of nitrogens with zero attached hydrogens (tertiary/aromatic N) is 4. The summed E-state index contributed by atoms with van der Waals surface area (Å²) in [6, 6.07) is 2.94. The number of rotatable bonds is 3. The maximum atomic E-state index is 15.0. The van der Waals surface area contributed by atoms with Crippen LogP contribution in [0.15, 0.2) is 47.9 Å². The van der Waals surface area contributed by atoms with Crippen molar-refractivity contribution < 1.29 is 17.2 Å². The molecule has 3 N–H and O–H groups in total. The molecule has 162 valence electrons. The number of imidazole rings is 1. The first-order valence-electron chi connectivity index (χ1n) is 8.58. The summed E-state index contributed by atoms with van der Waals surface area (Å²) in [4.78, 5) is 11.0. The van der Waals surface area contributed by atoms with Crippen LogP contribution in [-0.4, -0.2) is 27.8 Å². The highest BCUT2D eigenvalue weighted by Gasteiger charge is 2.24. The van der Waals surface area contributed by atoms with Crippen LogP contribution in [0, 0.1) is 23.5 Å². The van der Waals surface area contributed by atoms with Crippen molar-refractivity contribution in [2.45, 2.75) is 4.90 Å². The first-order chi connectivity index (χ1) is 15.2. The van der Waals surface area contributed by atoms with Gasteiger partial charge in [-0.2, -0.15) is 0 Å². The molecule has 0 radical (unpaired) electrons.